The Balaban J connectivity index is 1.54. The van der Waals surface area contributed by atoms with Crippen molar-refractivity contribution in [2.45, 2.75) is 6.54 Å². The first kappa shape index (κ1) is 13.6. The smallest absolute Gasteiger partial charge is 0.161 e. The summed E-state index contributed by atoms with van der Waals surface area (Å²) in [5.41, 5.74) is 2.96. The second-order valence-electron chi connectivity index (χ2n) is 5.10. The van der Waals surface area contributed by atoms with Gasteiger partial charge in [0.05, 0.1) is 11.4 Å². The van der Waals surface area contributed by atoms with Crippen molar-refractivity contribution in [3.63, 3.8) is 0 Å². The molecule has 0 saturated heterocycles. The van der Waals surface area contributed by atoms with Gasteiger partial charge in [-0.15, -0.1) is 5.10 Å². The first-order chi connectivity index (χ1) is 11.4. The molecule has 0 atom stereocenters. The van der Waals surface area contributed by atoms with Crippen LogP contribution in [-0.4, -0.2) is 33.4 Å². The van der Waals surface area contributed by atoms with Crippen molar-refractivity contribution in [1.82, 2.24) is 20.2 Å². The molecule has 1 N–H and O–H groups in total. The molecule has 0 amide bonds. The zero-order valence-electron chi connectivity index (χ0n) is 12.3. The summed E-state index contributed by atoms with van der Waals surface area (Å²) in [4.78, 5) is 0. The topological polar surface area (TPSA) is 74.1 Å². The third kappa shape index (κ3) is 2.80. The monoisotopic (exact) mass is 309 g/mol. The van der Waals surface area contributed by atoms with Gasteiger partial charge in [0.25, 0.3) is 0 Å². The molecule has 116 valence electrons. The van der Waals surface area contributed by atoms with Gasteiger partial charge in [0, 0.05) is 6.54 Å². The fourth-order valence-corrected chi connectivity index (χ4v) is 2.49. The first-order valence-electron chi connectivity index (χ1n) is 7.35. The fourth-order valence-electron chi connectivity index (χ4n) is 2.49. The maximum Gasteiger partial charge on any atom is 0.161 e. The molecule has 2 heterocycles. The highest BCUT2D eigenvalue weighted by Gasteiger charge is 2.12. The predicted octanol–water partition coefficient (Wildman–Crippen LogP) is 2.05. The minimum absolute atomic E-state index is 0.589. The van der Waals surface area contributed by atoms with Crippen LogP contribution in [0.1, 0.15) is 5.56 Å². The molecular formula is C16H15N5O2. The van der Waals surface area contributed by atoms with E-state index in [1.165, 1.54) is 0 Å². The number of nitrogens with zero attached hydrogens (tertiary/aromatic N) is 4. The van der Waals surface area contributed by atoms with Crippen LogP contribution in [0.25, 0.3) is 5.69 Å². The summed E-state index contributed by atoms with van der Waals surface area (Å²) in [6, 6.07) is 13.9. The first-order valence-corrected chi connectivity index (χ1v) is 7.35. The summed E-state index contributed by atoms with van der Waals surface area (Å²) in [6.07, 6.45) is 1.57. The standard InChI is InChI=1S/C16H15N5O2/c1-2-4-14(21-11-18-19-20-21)13(3-1)17-10-12-5-6-15-16(9-12)23-8-7-22-15/h1-6,9,11,17H,7-8,10H2. The molecule has 0 fully saturated rings. The van der Waals surface area contributed by atoms with Crippen LogP contribution in [0.15, 0.2) is 48.8 Å². The van der Waals surface area contributed by atoms with Gasteiger partial charge in [-0.2, -0.15) is 4.68 Å². The molecule has 0 spiro atoms. The van der Waals surface area contributed by atoms with Crippen LogP contribution in [0.2, 0.25) is 0 Å². The van der Waals surface area contributed by atoms with Crippen molar-refractivity contribution >= 4 is 5.69 Å². The Morgan fingerprint density at radius 1 is 1.04 bits per heavy atom. The van der Waals surface area contributed by atoms with Crippen LogP contribution in [0.4, 0.5) is 5.69 Å². The number of benzene rings is 2. The Hall–Kier alpha value is -3.09. The Labute approximate surface area is 132 Å². The molecule has 4 rings (SSSR count). The van der Waals surface area contributed by atoms with E-state index in [2.05, 4.69) is 20.8 Å². The molecule has 1 aliphatic rings. The lowest BCUT2D eigenvalue weighted by molar-refractivity contribution is 0.171. The summed E-state index contributed by atoms with van der Waals surface area (Å²) in [5.74, 6) is 1.60. The van der Waals surface area contributed by atoms with Gasteiger partial charge in [-0.25, -0.2) is 0 Å². The van der Waals surface area contributed by atoms with Crippen LogP contribution in [-0.2, 0) is 6.54 Å². The van der Waals surface area contributed by atoms with Gasteiger partial charge in [-0.3, -0.25) is 0 Å². The zero-order chi connectivity index (χ0) is 15.5. The van der Waals surface area contributed by atoms with Crippen LogP contribution in [0.5, 0.6) is 11.5 Å². The summed E-state index contributed by atoms with van der Waals surface area (Å²) >= 11 is 0. The number of hydrogen-bond acceptors (Lipinski definition) is 6. The molecule has 1 aromatic heterocycles. The van der Waals surface area contributed by atoms with E-state index in [1.54, 1.807) is 11.0 Å². The van der Waals surface area contributed by atoms with Gasteiger partial charge in [0.15, 0.2) is 11.5 Å². The van der Waals surface area contributed by atoms with E-state index in [0.717, 1.165) is 28.4 Å². The fraction of sp³-hybridized carbons (Fsp3) is 0.188. The summed E-state index contributed by atoms with van der Waals surface area (Å²) in [5, 5.41) is 14.7. The lowest BCUT2D eigenvalue weighted by Crippen LogP contribution is -2.15. The van der Waals surface area contributed by atoms with Gasteiger partial charge in [-0.1, -0.05) is 18.2 Å². The maximum atomic E-state index is 5.62. The number of ether oxygens (including phenoxy) is 2. The molecule has 1 aliphatic heterocycles. The molecular weight excluding hydrogens is 294 g/mol. The van der Waals surface area contributed by atoms with Crippen LogP contribution < -0.4 is 14.8 Å². The molecule has 0 unspecified atom stereocenters. The third-order valence-electron chi connectivity index (χ3n) is 3.59. The normalized spacial score (nSPS) is 12.9. The maximum absolute atomic E-state index is 5.62. The lowest BCUT2D eigenvalue weighted by atomic mass is 10.2. The van der Waals surface area contributed by atoms with Crippen molar-refractivity contribution < 1.29 is 9.47 Å². The number of para-hydroxylation sites is 2. The number of aromatic nitrogens is 4. The average molecular weight is 309 g/mol. The molecule has 0 aliphatic carbocycles. The summed E-state index contributed by atoms with van der Waals surface area (Å²) in [7, 11) is 0. The van der Waals surface area contributed by atoms with E-state index in [0.29, 0.717) is 19.8 Å². The van der Waals surface area contributed by atoms with Crippen LogP contribution in [0, 0.1) is 0 Å². The zero-order valence-corrected chi connectivity index (χ0v) is 12.3. The van der Waals surface area contributed by atoms with Crippen LogP contribution in [0.3, 0.4) is 0 Å². The molecule has 3 aromatic rings. The van der Waals surface area contributed by atoms with Gasteiger partial charge in [-0.05, 0) is 40.3 Å². The van der Waals surface area contributed by atoms with E-state index in [1.807, 2.05) is 42.5 Å². The molecule has 0 bridgehead atoms. The van der Waals surface area contributed by atoms with E-state index in [-0.39, 0.29) is 0 Å². The van der Waals surface area contributed by atoms with E-state index < -0.39 is 0 Å². The van der Waals surface area contributed by atoms with Crippen molar-refractivity contribution in [3.05, 3.63) is 54.4 Å². The largest absolute Gasteiger partial charge is 0.486 e. The van der Waals surface area contributed by atoms with Crippen molar-refractivity contribution in [2.24, 2.45) is 0 Å². The van der Waals surface area contributed by atoms with Crippen molar-refractivity contribution in [2.75, 3.05) is 18.5 Å². The van der Waals surface area contributed by atoms with Gasteiger partial charge in [0.1, 0.15) is 19.5 Å². The minimum Gasteiger partial charge on any atom is -0.486 e. The molecule has 7 nitrogen and oxygen atoms in total. The highest BCUT2D eigenvalue weighted by Crippen LogP contribution is 2.31. The molecule has 0 radical (unpaired) electrons. The molecule has 7 heteroatoms. The number of hydrogen-bond donors (Lipinski definition) is 1. The summed E-state index contributed by atoms with van der Waals surface area (Å²) in [6.45, 7) is 1.85. The molecule has 2 aromatic carbocycles. The Kier molecular flexibility index (Phi) is 3.51. The second-order valence-corrected chi connectivity index (χ2v) is 5.10. The number of rotatable bonds is 4. The Morgan fingerprint density at radius 2 is 1.91 bits per heavy atom. The van der Waals surface area contributed by atoms with Crippen molar-refractivity contribution in [1.29, 1.82) is 0 Å². The SMILES string of the molecule is c1ccc(-n2cnnn2)c(NCc2ccc3c(c2)OCCO3)c1. The van der Waals surface area contributed by atoms with Crippen LogP contribution >= 0.6 is 0 Å². The van der Waals surface area contributed by atoms with Crippen molar-refractivity contribution in [3.8, 4) is 17.2 Å². The number of fused-ring (bicyclic) bond motifs is 1. The quantitative estimate of drug-likeness (QED) is 0.795. The predicted molar refractivity (Wildman–Crippen MR) is 83.9 cm³/mol. The minimum atomic E-state index is 0.589. The molecule has 23 heavy (non-hydrogen) atoms. The average Bonchev–Trinajstić information content (AvgIpc) is 3.14. The lowest BCUT2D eigenvalue weighted by Gasteiger charge is -2.19. The highest BCUT2D eigenvalue weighted by atomic mass is 16.6. The Bertz CT molecular complexity index is 804. The highest BCUT2D eigenvalue weighted by molar-refractivity contribution is 5.60. The third-order valence-corrected chi connectivity index (χ3v) is 3.59. The second kappa shape index (κ2) is 5.96. The number of tetrazole rings is 1. The van der Waals surface area contributed by atoms with Gasteiger partial charge >= 0.3 is 0 Å². The summed E-state index contributed by atoms with van der Waals surface area (Å²) < 4.78 is 12.8. The van der Waals surface area contributed by atoms with E-state index >= 15 is 0 Å². The number of anilines is 1. The van der Waals surface area contributed by atoms with Gasteiger partial charge in [0.2, 0.25) is 0 Å². The number of nitrogens with one attached hydrogen (secondary N) is 1. The Morgan fingerprint density at radius 3 is 2.78 bits per heavy atom. The van der Waals surface area contributed by atoms with E-state index in [9.17, 15) is 0 Å². The molecule has 0 saturated carbocycles. The van der Waals surface area contributed by atoms with E-state index in [4.69, 9.17) is 9.47 Å². The van der Waals surface area contributed by atoms with Gasteiger partial charge < -0.3 is 14.8 Å².